The summed E-state index contributed by atoms with van der Waals surface area (Å²) in [5.74, 6) is 1.46. The second-order valence-corrected chi connectivity index (χ2v) is 5.70. The van der Waals surface area contributed by atoms with Crippen LogP contribution in [0.5, 0.6) is 11.5 Å². The van der Waals surface area contributed by atoms with E-state index in [0.717, 1.165) is 20.3 Å². The smallest absolute Gasteiger partial charge is 0.142 e. The monoisotopic (exact) mass is 385 g/mol. The van der Waals surface area contributed by atoms with Gasteiger partial charge in [-0.3, -0.25) is 0 Å². The van der Waals surface area contributed by atoms with Gasteiger partial charge < -0.3 is 15.2 Å². The van der Waals surface area contributed by atoms with Crippen molar-refractivity contribution in [2.75, 3.05) is 12.8 Å². The predicted octanol–water partition coefficient (Wildman–Crippen LogP) is 4.38. The highest BCUT2D eigenvalue weighted by atomic mass is 79.9. The highest BCUT2D eigenvalue weighted by molar-refractivity contribution is 9.10. The molecule has 0 saturated carbocycles. The first kappa shape index (κ1) is 14.2. The molecule has 0 bridgehead atoms. The quantitative estimate of drug-likeness (QED) is 0.793. The van der Waals surface area contributed by atoms with Crippen LogP contribution >= 0.6 is 31.9 Å². The molecule has 0 unspecified atom stereocenters. The van der Waals surface area contributed by atoms with E-state index in [1.165, 1.54) is 0 Å². The van der Waals surface area contributed by atoms with E-state index in [0.29, 0.717) is 18.0 Å². The van der Waals surface area contributed by atoms with Gasteiger partial charge >= 0.3 is 0 Å². The van der Waals surface area contributed by atoms with Gasteiger partial charge in [0.2, 0.25) is 0 Å². The number of benzene rings is 2. The summed E-state index contributed by atoms with van der Waals surface area (Å²) in [6.07, 6.45) is 0. The standard InChI is InChI=1S/C14H13Br2NO2/c1-18-11-3-4-12(16)9(6-11)8-19-14-5-2-10(15)7-13(14)17/h2-7H,8,17H2,1H3. The van der Waals surface area contributed by atoms with Gasteiger partial charge in [0.05, 0.1) is 12.8 Å². The molecule has 0 aromatic heterocycles. The summed E-state index contributed by atoms with van der Waals surface area (Å²) < 4.78 is 12.8. The van der Waals surface area contributed by atoms with Crippen LogP contribution in [0.25, 0.3) is 0 Å². The number of ether oxygens (including phenoxy) is 2. The van der Waals surface area contributed by atoms with Gasteiger partial charge in [0.1, 0.15) is 18.1 Å². The zero-order valence-electron chi connectivity index (χ0n) is 10.3. The molecule has 0 fully saturated rings. The molecule has 2 N–H and O–H groups in total. The number of anilines is 1. The topological polar surface area (TPSA) is 44.5 Å². The Kier molecular flexibility index (Phi) is 4.71. The van der Waals surface area contributed by atoms with Crippen molar-refractivity contribution in [3.63, 3.8) is 0 Å². The molecule has 0 saturated heterocycles. The first-order valence-corrected chi connectivity index (χ1v) is 7.19. The molecule has 2 aromatic rings. The Morgan fingerprint density at radius 3 is 2.58 bits per heavy atom. The first-order valence-electron chi connectivity index (χ1n) is 5.60. The average molecular weight is 387 g/mol. The molecule has 0 aliphatic rings. The van der Waals surface area contributed by atoms with Crippen molar-refractivity contribution in [3.8, 4) is 11.5 Å². The third-order valence-corrected chi connectivity index (χ3v) is 3.87. The summed E-state index contributed by atoms with van der Waals surface area (Å²) in [6.45, 7) is 0.420. The van der Waals surface area contributed by atoms with Gasteiger partial charge in [0.15, 0.2) is 0 Å². The van der Waals surface area contributed by atoms with E-state index in [1.807, 2.05) is 36.4 Å². The molecule has 0 amide bonds. The zero-order valence-corrected chi connectivity index (χ0v) is 13.5. The Bertz CT molecular complexity index is 588. The van der Waals surface area contributed by atoms with Gasteiger partial charge in [-0.15, -0.1) is 0 Å². The largest absolute Gasteiger partial charge is 0.497 e. The van der Waals surface area contributed by atoms with Crippen LogP contribution in [0.1, 0.15) is 5.56 Å². The maximum atomic E-state index is 5.89. The minimum absolute atomic E-state index is 0.420. The SMILES string of the molecule is COc1ccc(Br)c(COc2ccc(Br)cc2N)c1. The number of rotatable bonds is 4. The van der Waals surface area contributed by atoms with Gasteiger partial charge in [-0.05, 0) is 36.4 Å². The van der Waals surface area contributed by atoms with Crippen molar-refractivity contribution in [2.24, 2.45) is 0 Å². The molecule has 2 aromatic carbocycles. The lowest BCUT2D eigenvalue weighted by molar-refractivity contribution is 0.306. The Morgan fingerprint density at radius 2 is 1.89 bits per heavy atom. The lowest BCUT2D eigenvalue weighted by atomic mass is 10.2. The Hall–Kier alpha value is -1.20. The van der Waals surface area contributed by atoms with E-state index >= 15 is 0 Å². The Balaban J connectivity index is 2.14. The minimum atomic E-state index is 0.420. The maximum Gasteiger partial charge on any atom is 0.142 e. The average Bonchev–Trinajstić information content (AvgIpc) is 2.39. The van der Waals surface area contributed by atoms with Crippen LogP contribution in [-0.2, 0) is 6.61 Å². The van der Waals surface area contributed by atoms with Crippen LogP contribution in [0.4, 0.5) is 5.69 Å². The molecular formula is C14H13Br2NO2. The highest BCUT2D eigenvalue weighted by Gasteiger charge is 2.05. The summed E-state index contributed by atoms with van der Waals surface area (Å²) in [5, 5.41) is 0. The van der Waals surface area contributed by atoms with E-state index in [4.69, 9.17) is 15.2 Å². The molecule has 100 valence electrons. The van der Waals surface area contributed by atoms with E-state index < -0.39 is 0 Å². The van der Waals surface area contributed by atoms with Crippen molar-refractivity contribution < 1.29 is 9.47 Å². The number of nitrogens with two attached hydrogens (primary N) is 1. The van der Waals surface area contributed by atoms with Gasteiger partial charge in [-0.25, -0.2) is 0 Å². The second-order valence-electron chi connectivity index (χ2n) is 3.93. The van der Waals surface area contributed by atoms with Crippen LogP contribution in [-0.4, -0.2) is 7.11 Å². The molecule has 0 aliphatic heterocycles. The number of methoxy groups -OCH3 is 1. The first-order chi connectivity index (χ1) is 9.10. The number of hydrogen-bond acceptors (Lipinski definition) is 3. The zero-order chi connectivity index (χ0) is 13.8. The fourth-order valence-corrected chi connectivity index (χ4v) is 2.33. The summed E-state index contributed by atoms with van der Waals surface area (Å²) in [6, 6.07) is 11.3. The highest BCUT2D eigenvalue weighted by Crippen LogP contribution is 2.28. The van der Waals surface area contributed by atoms with Crippen LogP contribution < -0.4 is 15.2 Å². The van der Waals surface area contributed by atoms with E-state index in [9.17, 15) is 0 Å². The van der Waals surface area contributed by atoms with Crippen molar-refractivity contribution in [1.82, 2.24) is 0 Å². The van der Waals surface area contributed by atoms with E-state index in [-0.39, 0.29) is 0 Å². The molecule has 0 aliphatic carbocycles. The third-order valence-electron chi connectivity index (χ3n) is 2.61. The van der Waals surface area contributed by atoms with Crippen LogP contribution in [0, 0.1) is 0 Å². The number of halogens is 2. The Labute approximate surface area is 129 Å². The van der Waals surface area contributed by atoms with Gasteiger partial charge in [-0.1, -0.05) is 31.9 Å². The van der Waals surface area contributed by atoms with Crippen LogP contribution in [0.2, 0.25) is 0 Å². The normalized spacial score (nSPS) is 10.3. The lowest BCUT2D eigenvalue weighted by Gasteiger charge is -2.11. The van der Waals surface area contributed by atoms with Crippen LogP contribution in [0.3, 0.4) is 0 Å². The summed E-state index contributed by atoms with van der Waals surface area (Å²) in [7, 11) is 1.64. The van der Waals surface area contributed by atoms with Crippen molar-refractivity contribution >= 4 is 37.5 Å². The predicted molar refractivity (Wildman–Crippen MR) is 83.6 cm³/mol. The summed E-state index contributed by atoms with van der Waals surface area (Å²) in [5.41, 5.74) is 7.49. The molecule has 5 heteroatoms. The minimum Gasteiger partial charge on any atom is -0.497 e. The van der Waals surface area contributed by atoms with E-state index in [1.54, 1.807) is 7.11 Å². The lowest BCUT2D eigenvalue weighted by Crippen LogP contribution is -2.00. The molecule has 19 heavy (non-hydrogen) atoms. The Morgan fingerprint density at radius 1 is 1.11 bits per heavy atom. The molecule has 0 radical (unpaired) electrons. The van der Waals surface area contributed by atoms with Crippen LogP contribution in [0.15, 0.2) is 45.3 Å². The summed E-state index contributed by atoms with van der Waals surface area (Å²) in [4.78, 5) is 0. The van der Waals surface area contributed by atoms with Crippen molar-refractivity contribution in [1.29, 1.82) is 0 Å². The molecule has 2 rings (SSSR count). The molecule has 0 heterocycles. The van der Waals surface area contributed by atoms with E-state index in [2.05, 4.69) is 31.9 Å². The second kappa shape index (κ2) is 6.30. The molecule has 0 atom stereocenters. The van der Waals surface area contributed by atoms with Gasteiger partial charge in [0, 0.05) is 14.5 Å². The van der Waals surface area contributed by atoms with Crippen molar-refractivity contribution in [2.45, 2.75) is 6.61 Å². The molecule has 0 spiro atoms. The van der Waals surface area contributed by atoms with Crippen molar-refractivity contribution in [3.05, 3.63) is 50.9 Å². The van der Waals surface area contributed by atoms with Gasteiger partial charge in [-0.2, -0.15) is 0 Å². The number of hydrogen-bond donors (Lipinski definition) is 1. The third kappa shape index (κ3) is 3.64. The fraction of sp³-hybridized carbons (Fsp3) is 0.143. The molecule has 3 nitrogen and oxygen atoms in total. The maximum absolute atomic E-state index is 5.89. The van der Waals surface area contributed by atoms with Gasteiger partial charge in [0.25, 0.3) is 0 Å². The fourth-order valence-electron chi connectivity index (χ4n) is 1.59. The number of nitrogen functional groups attached to an aromatic ring is 1. The summed E-state index contributed by atoms with van der Waals surface area (Å²) >= 11 is 6.85. The molecular weight excluding hydrogens is 374 g/mol.